The van der Waals surface area contributed by atoms with Crippen LogP contribution in [0, 0.1) is 0 Å². The number of hydrogen-bond acceptors (Lipinski definition) is 4. The summed E-state index contributed by atoms with van der Waals surface area (Å²) < 4.78 is 0. The summed E-state index contributed by atoms with van der Waals surface area (Å²) in [6.07, 6.45) is 0.0285. The van der Waals surface area contributed by atoms with Gasteiger partial charge < -0.3 is 0 Å². The van der Waals surface area contributed by atoms with Crippen LogP contribution in [0.4, 0.5) is 0 Å². The number of carbonyl (C=O) groups is 3. The molecule has 1 fully saturated rings. The Kier molecular flexibility index (Phi) is 4.67. The van der Waals surface area contributed by atoms with Crippen LogP contribution in [0.5, 0.6) is 0 Å². The topological polar surface area (TPSA) is 78.5 Å². The SMILES string of the molecule is O=C(NN[C@H]1CC(=O)N(Cc2ccccc2)C1=O)c1ccccc1. The quantitative estimate of drug-likeness (QED) is 0.641. The molecule has 0 radical (unpaired) electrons. The maximum Gasteiger partial charge on any atom is 0.265 e. The van der Waals surface area contributed by atoms with Crippen molar-refractivity contribution < 1.29 is 14.4 Å². The second-order valence-corrected chi connectivity index (χ2v) is 5.52. The molecule has 1 saturated heterocycles. The van der Waals surface area contributed by atoms with Crippen molar-refractivity contribution in [2.24, 2.45) is 0 Å². The third-order valence-electron chi connectivity index (χ3n) is 3.82. The lowest BCUT2D eigenvalue weighted by Gasteiger charge is -2.16. The second kappa shape index (κ2) is 7.06. The third kappa shape index (κ3) is 3.49. The van der Waals surface area contributed by atoms with Gasteiger partial charge in [0.2, 0.25) is 11.8 Å². The molecule has 0 unspecified atom stereocenters. The van der Waals surface area contributed by atoms with Crippen LogP contribution in [0.2, 0.25) is 0 Å². The molecular weight excluding hydrogens is 306 g/mol. The Morgan fingerprint density at radius 2 is 1.62 bits per heavy atom. The van der Waals surface area contributed by atoms with Gasteiger partial charge in [0.05, 0.1) is 13.0 Å². The molecule has 6 nitrogen and oxygen atoms in total. The molecule has 3 rings (SSSR count). The summed E-state index contributed by atoms with van der Waals surface area (Å²) in [6, 6.07) is 17.2. The van der Waals surface area contributed by atoms with Gasteiger partial charge >= 0.3 is 0 Å². The number of benzene rings is 2. The largest absolute Gasteiger partial charge is 0.287 e. The molecule has 3 amide bonds. The summed E-state index contributed by atoms with van der Waals surface area (Å²) in [4.78, 5) is 37.6. The van der Waals surface area contributed by atoms with Gasteiger partial charge in [0.15, 0.2) is 0 Å². The molecule has 1 aliphatic heterocycles. The third-order valence-corrected chi connectivity index (χ3v) is 3.82. The average molecular weight is 323 g/mol. The summed E-state index contributed by atoms with van der Waals surface area (Å²) >= 11 is 0. The summed E-state index contributed by atoms with van der Waals surface area (Å²) in [5, 5.41) is 0. The molecule has 0 saturated carbocycles. The molecule has 2 N–H and O–H groups in total. The maximum atomic E-state index is 12.4. The summed E-state index contributed by atoms with van der Waals surface area (Å²) in [5.74, 6) is -0.940. The van der Waals surface area contributed by atoms with Gasteiger partial charge in [-0.15, -0.1) is 0 Å². The van der Waals surface area contributed by atoms with Crippen LogP contribution < -0.4 is 10.9 Å². The highest BCUT2D eigenvalue weighted by Crippen LogP contribution is 2.16. The Morgan fingerprint density at radius 3 is 2.29 bits per heavy atom. The molecular formula is C18H17N3O3. The maximum absolute atomic E-state index is 12.4. The van der Waals surface area contributed by atoms with Gasteiger partial charge in [0.1, 0.15) is 6.04 Å². The lowest BCUT2D eigenvalue weighted by Crippen LogP contribution is -2.48. The van der Waals surface area contributed by atoms with E-state index in [0.29, 0.717) is 5.56 Å². The molecule has 6 heteroatoms. The van der Waals surface area contributed by atoms with Crippen LogP contribution in [0.3, 0.4) is 0 Å². The van der Waals surface area contributed by atoms with Gasteiger partial charge in [0, 0.05) is 5.56 Å². The van der Waals surface area contributed by atoms with Gasteiger partial charge in [-0.25, -0.2) is 5.43 Å². The minimum atomic E-state index is -0.742. The van der Waals surface area contributed by atoms with E-state index in [-0.39, 0.29) is 30.7 Å². The smallest absolute Gasteiger partial charge is 0.265 e. The van der Waals surface area contributed by atoms with E-state index >= 15 is 0 Å². The Hall–Kier alpha value is -2.99. The number of nitrogens with zero attached hydrogens (tertiary/aromatic N) is 1. The molecule has 122 valence electrons. The molecule has 2 aromatic carbocycles. The van der Waals surface area contributed by atoms with E-state index in [2.05, 4.69) is 10.9 Å². The molecule has 1 heterocycles. The van der Waals surface area contributed by atoms with E-state index in [1.165, 1.54) is 4.90 Å². The molecule has 1 aliphatic rings. The predicted octanol–water partition coefficient (Wildman–Crippen LogP) is 1.25. The van der Waals surface area contributed by atoms with Crippen LogP contribution in [0.1, 0.15) is 22.3 Å². The van der Waals surface area contributed by atoms with Crippen molar-refractivity contribution in [2.75, 3.05) is 0 Å². The first-order chi connectivity index (χ1) is 11.6. The number of rotatable bonds is 5. The van der Waals surface area contributed by atoms with Crippen LogP contribution in [0.25, 0.3) is 0 Å². The highest BCUT2D eigenvalue weighted by atomic mass is 16.2. The first kappa shape index (κ1) is 15.9. The highest BCUT2D eigenvalue weighted by molar-refractivity contribution is 6.05. The Balaban J connectivity index is 1.59. The molecule has 0 spiro atoms. The zero-order valence-corrected chi connectivity index (χ0v) is 12.9. The standard InChI is InChI=1S/C18H17N3O3/c22-16-11-15(19-20-17(23)14-9-5-2-6-10-14)18(24)21(16)12-13-7-3-1-4-8-13/h1-10,15,19H,11-12H2,(H,20,23)/t15-/m0/s1. The Morgan fingerprint density at radius 1 is 1.00 bits per heavy atom. The fraction of sp³-hybridized carbons (Fsp3) is 0.167. The highest BCUT2D eigenvalue weighted by Gasteiger charge is 2.38. The van der Waals surface area contributed by atoms with Gasteiger partial charge in [-0.1, -0.05) is 48.5 Å². The zero-order chi connectivity index (χ0) is 16.9. The van der Waals surface area contributed by atoms with E-state index in [0.717, 1.165) is 5.56 Å². The first-order valence-electron chi connectivity index (χ1n) is 7.64. The van der Waals surface area contributed by atoms with E-state index in [4.69, 9.17) is 0 Å². The number of nitrogens with one attached hydrogen (secondary N) is 2. The summed E-state index contributed by atoms with van der Waals surface area (Å²) in [5.41, 5.74) is 6.51. The lowest BCUT2D eigenvalue weighted by atomic mass is 10.2. The summed E-state index contributed by atoms with van der Waals surface area (Å²) in [7, 11) is 0. The van der Waals surface area contributed by atoms with E-state index in [9.17, 15) is 14.4 Å². The van der Waals surface area contributed by atoms with E-state index < -0.39 is 6.04 Å². The van der Waals surface area contributed by atoms with Crippen LogP contribution in [0.15, 0.2) is 60.7 Å². The van der Waals surface area contributed by atoms with Crippen LogP contribution in [-0.2, 0) is 16.1 Å². The van der Waals surface area contributed by atoms with Crippen molar-refractivity contribution >= 4 is 17.7 Å². The Labute approximate surface area is 139 Å². The van der Waals surface area contributed by atoms with Crippen molar-refractivity contribution in [3.05, 3.63) is 71.8 Å². The average Bonchev–Trinajstić information content (AvgIpc) is 2.89. The monoisotopic (exact) mass is 323 g/mol. The number of hydrazine groups is 1. The van der Waals surface area contributed by atoms with Crippen molar-refractivity contribution in [2.45, 2.75) is 19.0 Å². The summed E-state index contributed by atoms with van der Waals surface area (Å²) in [6.45, 7) is 0.239. The molecule has 1 atom stereocenters. The van der Waals surface area contributed by atoms with E-state index in [1.54, 1.807) is 24.3 Å². The van der Waals surface area contributed by atoms with Crippen molar-refractivity contribution in [1.29, 1.82) is 0 Å². The number of hydrogen-bond donors (Lipinski definition) is 2. The fourth-order valence-corrected chi connectivity index (χ4v) is 2.54. The van der Waals surface area contributed by atoms with Gasteiger partial charge in [-0.05, 0) is 17.7 Å². The van der Waals surface area contributed by atoms with Crippen molar-refractivity contribution in [1.82, 2.24) is 15.8 Å². The number of likely N-dealkylation sites (tertiary alicyclic amines) is 1. The predicted molar refractivity (Wildman–Crippen MR) is 87.4 cm³/mol. The zero-order valence-electron chi connectivity index (χ0n) is 12.9. The van der Waals surface area contributed by atoms with Crippen LogP contribution in [-0.4, -0.2) is 28.7 Å². The Bertz CT molecular complexity index is 747. The number of amides is 3. The minimum absolute atomic E-state index is 0.0285. The van der Waals surface area contributed by atoms with Crippen molar-refractivity contribution in [3.63, 3.8) is 0 Å². The molecule has 2 aromatic rings. The molecule has 24 heavy (non-hydrogen) atoms. The van der Waals surface area contributed by atoms with E-state index in [1.807, 2.05) is 36.4 Å². The number of carbonyl (C=O) groups excluding carboxylic acids is 3. The minimum Gasteiger partial charge on any atom is -0.287 e. The van der Waals surface area contributed by atoms with Gasteiger partial charge in [-0.2, -0.15) is 0 Å². The lowest BCUT2D eigenvalue weighted by molar-refractivity contribution is -0.139. The number of imide groups is 1. The normalized spacial score (nSPS) is 17.2. The molecule has 0 aromatic heterocycles. The second-order valence-electron chi connectivity index (χ2n) is 5.52. The molecule has 0 bridgehead atoms. The molecule has 0 aliphatic carbocycles. The van der Waals surface area contributed by atoms with Gasteiger partial charge in [-0.3, -0.25) is 24.7 Å². The van der Waals surface area contributed by atoms with Crippen LogP contribution >= 0.6 is 0 Å². The van der Waals surface area contributed by atoms with Crippen molar-refractivity contribution in [3.8, 4) is 0 Å². The van der Waals surface area contributed by atoms with Gasteiger partial charge in [0.25, 0.3) is 5.91 Å². The first-order valence-corrected chi connectivity index (χ1v) is 7.64. The fourth-order valence-electron chi connectivity index (χ4n) is 2.54.